The highest BCUT2D eigenvalue weighted by molar-refractivity contribution is 7.70. The van der Waals surface area contributed by atoms with E-state index >= 15 is 0 Å². The summed E-state index contributed by atoms with van der Waals surface area (Å²) in [7, 11) is -7.80. The van der Waals surface area contributed by atoms with Gasteiger partial charge in [0, 0.05) is 13.0 Å². The van der Waals surface area contributed by atoms with Gasteiger partial charge >= 0.3 is 15.2 Å². The molecule has 1 saturated carbocycles. The average molecular weight is 589 g/mol. The number of benzene rings is 1. The van der Waals surface area contributed by atoms with Gasteiger partial charge in [-0.05, 0) is 42.0 Å². The molecule has 14 nitrogen and oxygen atoms in total. The first-order valence-corrected chi connectivity index (χ1v) is 15.7. The SMILES string of the molecule is COP(=O)(CP(=O)(O)O)OC[C@H]1C[C@@H](n2nnc3c(NC4CCc5ccccc54)nc(Cl)nc32)[C@H](O)[C@@H]1O. The summed E-state index contributed by atoms with van der Waals surface area (Å²) in [5.41, 5.74) is 3.00. The predicted molar refractivity (Wildman–Crippen MR) is 136 cm³/mol. The van der Waals surface area contributed by atoms with Crippen molar-refractivity contribution in [1.29, 1.82) is 0 Å². The molecule has 1 aromatic carbocycles. The second kappa shape index (κ2) is 10.5. The first-order chi connectivity index (χ1) is 18.0. The molecule has 5 N–H and O–H groups in total. The summed E-state index contributed by atoms with van der Waals surface area (Å²) in [6.07, 6.45) is -0.740. The number of hydrogen-bond acceptors (Lipinski definition) is 11. The minimum absolute atomic E-state index is 0.00411. The van der Waals surface area contributed by atoms with Crippen LogP contribution < -0.4 is 5.32 Å². The molecule has 3 aromatic rings. The zero-order valence-electron chi connectivity index (χ0n) is 20.2. The van der Waals surface area contributed by atoms with Gasteiger partial charge in [0.1, 0.15) is 6.10 Å². The number of anilines is 1. The van der Waals surface area contributed by atoms with Crippen LogP contribution in [0.1, 0.15) is 36.1 Å². The molecule has 2 unspecified atom stereocenters. The van der Waals surface area contributed by atoms with Crippen LogP contribution in [0.4, 0.5) is 5.82 Å². The quantitative estimate of drug-likeness (QED) is 0.180. The highest BCUT2D eigenvalue weighted by Crippen LogP contribution is 2.59. The average Bonchev–Trinajstić information content (AvgIpc) is 3.54. The third kappa shape index (κ3) is 5.51. The maximum Gasteiger partial charge on any atom is 0.342 e. The lowest BCUT2D eigenvalue weighted by Crippen LogP contribution is -2.31. The molecule has 1 fully saturated rings. The summed E-state index contributed by atoms with van der Waals surface area (Å²) in [4.78, 5) is 26.9. The van der Waals surface area contributed by atoms with E-state index in [4.69, 9.17) is 30.4 Å². The molecule has 2 aliphatic carbocycles. The maximum atomic E-state index is 12.6. The van der Waals surface area contributed by atoms with E-state index in [2.05, 4.69) is 37.7 Å². The van der Waals surface area contributed by atoms with Crippen LogP contribution in [0.15, 0.2) is 24.3 Å². The Bertz CT molecular complexity index is 1440. The van der Waals surface area contributed by atoms with Crippen molar-refractivity contribution in [2.75, 3.05) is 24.9 Å². The number of aliphatic hydroxyl groups is 2. The first-order valence-electron chi connectivity index (χ1n) is 11.8. The Morgan fingerprint density at radius 2 is 1.95 bits per heavy atom. The normalized spacial score (nSPS) is 26.9. The standard InChI is InChI=1S/C21H27ClN6O8P2/c1-35-38(34,10-37(31,32)33)36-9-12-8-15(18(30)17(12)29)28-20-16(26-27-28)19(24-21(22)25-20)23-14-7-6-11-4-2-3-5-13(11)14/h2-5,12,14-15,17-18,29-30H,6-10H2,1H3,(H,23,24,25)(H2,31,32,33)/t12-,14?,15-,17-,18+,38?/m1/s1. The fourth-order valence-electron chi connectivity index (χ4n) is 5.09. The van der Waals surface area contributed by atoms with Crippen molar-refractivity contribution in [3.8, 4) is 0 Å². The number of nitrogens with one attached hydrogen (secondary N) is 1. The summed E-state index contributed by atoms with van der Waals surface area (Å²) >= 11 is 6.24. The van der Waals surface area contributed by atoms with Gasteiger partial charge in [0.25, 0.3) is 0 Å². The summed E-state index contributed by atoms with van der Waals surface area (Å²) in [5, 5.41) is 33.2. The molecule has 0 radical (unpaired) electrons. The van der Waals surface area contributed by atoms with Gasteiger partial charge in [0.15, 0.2) is 22.9 Å². The van der Waals surface area contributed by atoms with Crippen LogP contribution in [0.3, 0.4) is 0 Å². The molecule has 2 aliphatic rings. The number of hydrogen-bond donors (Lipinski definition) is 5. The van der Waals surface area contributed by atoms with Gasteiger partial charge in [-0.2, -0.15) is 9.97 Å². The lowest BCUT2D eigenvalue weighted by molar-refractivity contribution is -0.00387. The van der Waals surface area contributed by atoms with Crippen LogP contribution in [0.25, 0.3) is 11.2 Å². The van der Waals surface area contributed by atoms with E-state index in [0.29, 0.717) is 11.3 Å². The number of aryl methyl sites for hydroxylation is 1. The molecular weight excluding hydrogens is 562 g/mol. The van der Waals surface area contributed by atoms with Gasteiger partial charge in [-0.25, -0.2) is 4.68 Å². The Morgan fingerprint density at radius 1 is 1.18 bits per heavy atom. The molecule has 0 saturated heterocycles. The van der Waals surface area contributed by atoms with Gasteiger partial charge in [-0.3, -0.25) is 9.13 Å². The number of halogens is 1. The molecule has 2 heterocycles. The van der Waals surface area contributed by atoms with Crippen LogP contribution in [-0.2, 0) is 24.6 Å². The van der Waals surface area contributed by atoms with Gasteiger partial charge < -0.3 is 34.4 Å². The second-order valence-electron chi connectivity index (χ2n) is 9.42. The Hall–Kier alpha value is -1.99. The lowest BCUT2D eigenvalue weighted by Gasteiger charge is -2.21. The van der Waals surface area contributed by atoms with Gasteiger partial charge in [-0.15, -0.1) is 5.10 Å². The highest BCUT2D eigenvalue weighted by atomic mass is 35.5. The Morgan fingerprint density at radius 3 is 2.68 bits per heavy atom. The van der Waals surface area contributed by atoms with Crippen molar-refractivity contribution in [1.82, 2.24) is 25.0 Å². The summed E-state index contributed by atoms with van der Waals surface area (Å²) in [6.45, 7) is -0.379. The predicted octanol–water partition coefficient (Wildman–Crippen LogP) is 2.25. The monoisotopic (exact) mass is 588 g/mol. The number of aromatic nitrogens is 5. The molecule has 0 bridgehead atoms. The molecule has 38 heavy (non-hydrogen) atoms. The topological polar surface area (TPSA) is 202 Å². The van der Waals surface area contributed by atoms with E-state index in [1.54, 1.807) is 0 Å². The molecule has 5 rings (SSSR count). The van der Waals surface area contributed by atoms with Crippen molar-refractivity contribution in [3.63, 3.8) is 0 Å². The molecule has 206 valence electrons. The van der Waals surface area contributed by atoms with E-state index in [1.165, 1.54) is 10.2 Å². The largest absolute Gasteiger partial charge is 0.390 e. The van der Waals surface area contributed by atoms with E-state index < -0.39 is 45.3 Å². The van der Waals surface area contributed by atoms with Crippen molar-refractivity contribution >= 4 is 43.8 Å². The van der Waals surface area contributed by atoms with Crippen LogP contribution >= 0.6 is 26.8 Å². The second-order valence-corrected chi connectivity index (χ2v) is 14.1. The molecule has 0 amide bonds. The maximum absolute atomic E-state index is 12.6. The Kier molecular flexibility index (Phi) is 7.64. The molecule has 17 heteroatoms. The van der Waals surface area contributed by atoms with Crippen molar-refractivity contribution in [2.24, 2.45) is 5.92 Å². The van der Waals surface area contributed by atoms with Crippen molar-refractivity contribution < 1.29 is 38.2 Å². The minimum atomic E-state index is -4.69. The molecule has 0 aliphatic heterocycles. The zero-order chi connectivity index (χ0) is 27.2. The Labute approximate surface area is 222 Å². The van der Waals surface area contributed by atoms with Crippen LogP contribution in [0.5, 0.6) is 0 Å². The number of fused-ring (bicyclic) bond motifs is 2. The van der Waals surface area contributed by atoms with Gasteiger partial charge in [-0.1, -0.05) is 29.5 Å². The van der Waals surface area contributed by atoms with Gasteiger partial charge in [0.05, 0.1) is 24.8 Å². The molecular formula is C21H27ClN6O8P2. The Balaban J connectivity index is 1.37. The molecule has 6 atom stereocenters. The third-order valence-corrected chi connectivity index (χ3v) is 11.1. The minimum Gasteiger partial charge on any atom is -0.390 e. The van der Waals surface area contributed by atoms with E-state index in [1.807, 2.05) is 12.1 Å². The van der Waals surface area contributed by atoms with Crippen molar-refractivity contribution in [3.05, 3.63) is 40.7 Å². The van der Waals surface area contributed by atoms with Crippen molar-refractivity contribution in [2.45, 2.75) is 43.6 Å². The molecule has 2 aromatic heterocycles. The van der Waals surface area contributed by atoms with Gasteiger partial charge in [0.2, 0.25) is 5.28 Å². The fraction of sp³-hybridized carbons (Fsp3) is 0.524. The van der Waals surface area contributed by atoms with E-state index in [9.17, 15) is 19.3 Å². The number of aliphatic hydroxyl groups excluding tert-OH is 2. The zero-order valence-corrected chi connectivity index (χ0v) is 22.7. The third-order valence-electron chi connectivity index (χ3n) is 6.95. The molecule has 0 spiro atoms. The lowest BCUT2D eigenvalue weighted by atomic mass is 10.1. The van der Waals surface area contributed by atoms with E-state index in [0.717, 1.165) is 25.5 Å². The van der Waals surface area contributed by atoms with E-state index in [-0.39, 0.29) is 30.0 Å². The van der Waals surface area contributed by atoms with Crippen LogP contribution in [0.2, 0.25) is 5.28 Å². The fourth-order valence-corrected chi connectivity index (χ4v) is 8.37. The summed E-state index contributed by atoms with van der Waals surface area (Å²) in [6, 6.07) is 7.31. The van der Waals surface area contributed by atoms with Crippen LogP contribution in [-0.4, -0.2) is 76.8 Å². The first kappa shape index (κ1) is 27.6. The van der Waals surface area contributed by atoms with Crippen LogP contribution in [0, 0.1) is 5.92 Å². The summed E-state index contributed by atoms with van der Waals surface area (Å²) < 4.78 is 35.2. The summed E-state index contributed by atoms with van der Waals surface area (Å²) in [5.74, 6) is -1.46. The highest BCUT2D eigenvalue weighted by Gasteiger charge is 2.45. The number of nitrogens with zero attached hydrogens (tertiary/aromatic N) is 5. The smallest absolute Gasteiger partial charge is 0.342 e. The number of rotatable bonds is 9.